The fourth-order valence-corrected chi connectivity index (χ4v) is 1.78. The van der Waals surface area contributed by atoms with Gasteiger partial charge in [-0.05, 0) is 6.42 Å². The average molecular weight is 258 g/mol. The molecule has 1 rings (SSSR count). The number of hydrogen-bond donors (Lipinski definition) is 0. The molecule has 0 aromatic carbocycles. The maximum atomic E-state index is 11.1. The van der Waals surface area contributed by atoms with Crippen LogP contribution in [0.15, 0.2) is 12.3 Å². The van der Waals surface area contributed by atoms with E-state index in [1.54, 1.807) is 0 Å². The second-order valence-corrected chi connectivity index (χ2v) is 4.02. The number of carbonyl (C=O) groups is 2. The van der Waals surface area contributed by atoms with Gasteiger partial charge in [-0.25, -0.2) is 0 Å². The maximum absolute atomic E-state index is 11.1. The number of rotatable bonds is 3. The van der Waals surface area contributed by atoms with Crippen LogP contribution in [-0.4, -0.2) is 37.5 Å². The molecule has 0 N–H and O–H groups in total. The predicted molar refractivity (Wildman–Crippen MR) is 61.4 cm³/mol. The van der Waals surface area contributed by atoms with Crippen molar-refractivity contribution in [2.45, 2.75) is 45.2 Å². The first-order valence-electron chi connectivity index (χ1n) is 5.65. The second kappa shape index (κ2) is 6.39. The van der Waals surface area contributed by atoms with Crippen molar-refractivity contribution in [3.63, 3.8) is 0 Å². The van der Waals surface area contributed by atoms with Crippen LogP contribution in [0.3, 0.4) is 0 Å². The molecule has 0 aromatic heterocycles. The third kappa shape index (κ3) is 4.03. The highest BCUT2D eigenvalue weighted by atomic mass is 16.7. The first-order valence-corrected chi connectivity index (χ1v) is 5.65. The average Bonchev–Trinajstić information content (AvgIpc) is 2.40. The zero-order chi connectivity index (χ0) is 13.7. The SMILES string of the molecule is C=C1CC[C@@H](OC(C)=O)[C@@H](OC(C)=O)[C@H](OC)O1. The van der Waals surface area contributed by atoms with Crippen LogP contribution in [0, 0.1) is 0 Å². The molecule has 1 fully saturated rings. The largest absolute Gasteiger partial charge is 0.466 e. The summed E-state index contributed by atoms with van der Waals surface area (Å²) >= 11 is 0. The minimum atomic E-state index is -0.826. The first kappa shape index (κ1) is 14.5. The smallest absolute Gasteiger partial charge is 0.303 e. The van der Waals surface area contributed by atoms with E-state index in [0.29, 0.717) is 18.6 Å². The molecule has 18 heavy (non-hydrogen) atoms. The van der Waals surface area contributed by atoms with Crippen molar-refractivity contribution in [2.24, 2.45) is 0 Å². The number of methoxy groups -OCH3 is 1. The number of hydrogen-bond acceptors (Lipinski definition) is 6. The Morgan fingerprint density at radius 3 is 2.39 bits per heavy atom. The van der Waals surface area contributed by atoms with Crippen LogP contribution in [0.5, 0.6) is 0 Å². The van der Waals surface area contributed by atoms with Gasteiger partial charge >= 0.3 is 11.9 Å². The Kier molecular flexibility index (Phi) is 5.15. The van der Waals surface area contributed by atoms with E-state index < -0.39 is 30.4 Å². The van der Waals surface area contributed by atoms with Crippen LogP contribution in [0.25, 0.3) is 0 Å². The van der Waals surface area contributed by atoms with E-state index in [1.807, 2.05) is 0 Å². The van der Waals surface area contributed by atoms with Crippen LogP contribution < -0.4 is 0 Å². The summed E-state index contributed by atoms with van der Waals surface area (Å²) in [4.78, 5) is 22.2. The van der Waals surface area contributed by atoms with Gasteiger partial charge in [0.15, 0.2) is 0 Å². The van der Waals surface area contributed by atoms with E-state index in [4.69, 9.17) is 18.9 Å². The predicted octanol–water partition coefficient (Wildman–Crippen LogP) is 1.15. The molecular formula is C12H18O6. The number of esters is 2. The van der Waals surface area contributed by atoms with Gasteiger partial charge in [0.25, 0.3) is 0 Å². The Labute approximate surface area is 106 Å². The molecule has 0 aromatic rings. The van der Waals surface area contributed by atoms with Crippen molar-refractivity contribution in [1.82, 2.24) is 0 Å². The summed E-state index contributed by atoms with van der Waals surface area (Å²) < 4.78 is 20.8. The third-order valence-electron chi connectivity index (χ3n) is 2.48. The lowest BCUT2D eigenvalue weighted by Gasteiger charge is -2.28. The minimum Gasteiger partial charge on any atom is -0.466 e. The molecule has 102 valence electrons. The Bertz CT molecular complexity index is 337. The minimum absolute atomic E-state index is 0.445. The number of carbonyl (C=O) groups excluding carboxylic acids is 2. The molecule has 6 heteroatoms. The summed E-state index contributed by atoms with van der Waals surface area (Å²) in [6, 6.07) is 0. The Morgan fingerprint density at radius 2 is 1.89 bits per heavy atom. The van der Waals surface area contributed by atoms with Crippen LogP contribution in [0.4, 0.5) is 0 Å². The highest BCUT2D eigenvalue weighted by Gasteiger charge is 2.39. The third-order valence-corrected chi connectivity index (χ3v) is 2.48. The van der Waals surface area contributed by atoms with E-state index in [-0.39, 0.29) is 0 Å². The standard InChI is InChI=1S/C12H18O6/c1-7-5-6-10(17-8(2)13)11(18-9(3)14)12(15-4)16-7/h10-12H,1,5-6H2,2-4H3/t10-,11-,12-/m1/s1. The Morgan fingerprint density at radius 1 is 1.28 bits per heavy atom. The first-order chi connectivity index (χ1) is 8.43. The Balaban J connectivity index is 2.89. The topological polar surface area (TPSA) is 71.1 Å². The highest BCUT2D eigenvalue weighted by Crippen LogP contribution is 2.26. The molecule has 3 atom stereocenters. The van der Waals surface area contributed by atoms with E-state index in [0.717, 1.165) is 0 Å². The summed E-state index contributed by atoms with van der Waals surface area (Å²) in [5.74, 6) is -0.427. The summed E-state index contributed by atoms with van der Waals surface area (Å²) in [6.07, 6.45) is -1.24. The fourth-order valence-electron chi connectivity index (χ4n) is 1.78. The fraction of sp³-hybridized carbons (Fsp3) is 0.667. The second-order valence-electron chi connectivity index (χ2n) is 4.02. The highest BCUT2D eigenvalue weighted by molar-refractivity contribution is 5.67. The summed E-state index contributed by atoms with van der Waals surface area (Å²) in [6.45, 7) is 6.29. The molecule has 1 aliphatic heterocycles. The van der Waals surface area contributed by atoms with Crippen molar-refractivity contribution in [3.8, 4) is 0 Å². The van der Waals surface area contributed by atoms with Crippen LogP contribution >= 0.6 is 0 Å². The zero-order valence-corrected chi connectivity index (χ0v) is 10.8. The van der Waals surface area contributed by atoms with E-state index in [2.05, 4.69) is 6.58 Å². The molecule has 0 saturated carbocycles. The van der Waals surface area contributed by atoms with E-state index in [1.165, 1.54) is 21.0 Å². The monoisotopic (exact) mass is 258 g/mol. The summed E-state index contributed by atoms with van der Waals surface area (Å²) in [5.41, 5.74) is 0. The van der Waals surface area contributed by atoms with Crippen LogP contribution in [0.1, 0.15) is 26.7 Å². The number of ether oxygens (including phenoxy) is 4. The lowest BCUT2D eigenvalue weighted by atomic mass is 10.1. The van der Waals surface area contributed by atoms with Crippen molar-refractivity contribution >= 4 is 11.9 Å². The Hall–Kier alpha value is -1.56. The van der Waals surface area contributed by atoms with Crippen molar-refractivity contribution in [1.29, 1.82) is 0 Å². The van der Waals surface area contributed by atoms with Crippen molar-refractivity contribution in [3.05, 3.63) is 12.3 Å². The number of allylic oxidation sites excluding steroid dienone is 1. The van der Waals surface area contributed by atoms with Crippen molar-refractivity contribution in [2.75, 3.05) is 7.11 Å². The maximum Gasteiger partial charge on any atom is 0.303 e. The van der Waals surface area contributed by atoms with Gasteiger partial charge in [-0.1, -0.05) is 6.58 Å². The molecule has 1 heterocycles. The molecule has 0 bridgehead atoms. The van der Waals surface area contributed by atoms with E-state index >= 15 is 0 Å². The lowest BCUT2D eigenvalue weighted by Crippen LogP contribution is -2.43. The van der Waals surface area contributed by atoms with Gasteiger partial charge in [0.2, 0.25) is 12.4 Å². The molecule has 0 unspecified atom stereocenters. The molecule has 0 spiro atoms. The molecule has 1 saturated heterocycles. The zero-order valence-electron chi connectivity index (χ0n) is 10.8. The van der Waals surface area contributed by atoms with Gasteiger partial charge in [-0.2, -0.15) is 0 Å². The van der Waals surface area contributed by atoms with Gasteiger partial charge in [0, 0.05) is 27.4 Å². The molecule has 1 aliphatic rings. The van der Waals surface area contributed by atoms with E-state index in [9.17, 15) is 9.59 Å². The summed E-state index contributed by atoms with van der Waals surface area (Å²) in [7, 11) is 1.42. The quantitative estimate of drug-likeness (QED) is 0.707. The van der Waals surface area contributed by atoms with Crippen LogP contribution in [-0.2, 0) is 28.5 Å². The van der Waals surface area contributed by atoms with Crippen LogP contribution in [0.2, 0.25) is 0 Å². The molecule has 0 aliphatic carbocycles. The van der Waals surface area contributed by atoms with Gasteiger partial charge < -0.3 is 18.9 Å². The summed E-state index contributed by atoms with van der Waals surface area (Å²) in [5, 5.41) is 0. The van der Waals surface area contributed by atoms with Gasteiger partial charge in [0.05, 0.1) is 5.76 Å². The molecule has 6 nitrogen and oxygen atoms in total. The van der Waals surface area contributed by atoms with Gasteiger partial charge in [-0.15, -0.1) is 0 Å². The van der Waals surface area contributed by atoms with Gasteiger partial charge in [-0.3, -0.25) is 9.59 Å². The normalized spacial score (nSPS) is 27.9. The van der Waals surface area contributed by atoms with Gasteiger partial charge in [0.1, 0.15) is 6.10 Å². The molecule has 0 amide bonds. The van der Waals surface area contributed by atoms with Crippen molar-refractivity contribution < 1.29 is 28.5 Å². The molecular weight excluding hydrogens is 240 g/mol. The molecule has 0 radical (unpaired) electrons. The lowest BCUT2D eigenvalue weighted by molar-refractivity contribution is -0.207.